The van der Waals surface area contributed by atoms with Gasteiger partial charge in [0.2, 0.25) is 0 Å². The van der Waals surface area contributed by atoms with Crippen molar-refractivity contribution in [1.29, 1.82) is 0 Å². The average molecular weight is 513 g/mol. The number of ether oxygens (including phenoxy) is 3. The molecule has 29 heavy (non-hydrogen) atoms. The van der Waals surface area contributed by atoms with Gasteiger partial charge in [-0.15, -0.1) is 24.0 Å². The Morgan fingerprint density at radius 2 is 1.83 bits per heavy atom. The molecule has 0 aliphatic carbocycles. The number of methoxy groups -OCH3 is 1. The van der Waals surface area contributed by atoms with Crippen molar-refractivity contribution in [2.75, 3.05) is 34.0 Å². The number of halogens is 1. The minimum absolute atomic E-state index is 0. The third-order valence-electron chi connectivity index (χ3n) is 4.18. The first-order valence-corrected chi connectivity index (χ1v) is 9.53. The molecule has 2 rings (SSSR count). The van der Waals surface area contributed by atoms with Gasteiger partial charge in [0.15, 0.2) is 5.96 Å². The van der Waals surface area contributed by atoms with E-state index >= 15 is 0 Å². The summed E-state index contributed by atoms with van der Waals surface area (Å²) in [4.78, 5) is 4.30. The summed E-state index contributed by atoms with van der Waals surface area (Å²) in [6.45, 7) is 7.12. The van der Waals surface area contributed by atoms with Crippen molar-refractivity contribution in [2.24, 2.45) is 4.99 Å². The summed E-state index contributed by atoms with van der Waals surface area (Å²) in [5.41, 5.74) is 3.36. The lowest BCUT2D eigenvalue weighted by Gasteiger charge is -2.16. The summed E-state index contributed by atoms with van der Waals surface area (Å²) in [6.07, 6.45) is 0. The lowest BCUT2D eigenvalue weighted by Crippen LogP contribution is -2.36. The Balaban J connectivity index is 0.00000420. The molecule has 0 saturated carbocycles. The fraction of sp³-hybridized carbons (Fsp3) is 0.409. The smallest absolute Gasteiger partial charge is 0.191 e. The largest absolute Gasteiger partial charge is 0.497 e. The van der Waals surface area contributed by atoms with Crippen LogP contribution in [0.4, 0.5) is 0 Å². The van der Waals surface area contributed by atoms with Crippen molar-refractivity contribution in [3.63, 3.8) is 0 Å². The zero-order valence-corrected chi connectivity index (χ0v) is 20.0. The van der Waals surface area contributed by atoms with Crippen molar-refractivity contribution in [1.82, 2.24) is 10.6 Å². The van der Waals surface area contributed by atoms with Gasteiger partial charge < -0.3 is 24.8 Å². The van der Waals surface area contributed by atoms with E-state index in [0.29, 0.717) is 32.9 Å². The van der Waals surface area contributed by atoms with Crippen molar-refractivity contribution in [3.8, 4) is 11.5 Å². The average Bonchev–Trinajstić information content (AvgIpc) is 2.72. The number of nitrogens with one attached hydrogen (secondary N) is 2. The van der Waals surface area contributed by atoms with Crippen LogP contribution in [-0.4, -0.2) is 39.9 Å². The maximum absolute atomic E-state index is 5.90. The van der Waals surface area contributed by atoms with E-state index in [1.54, 1.807) is 14.2 Å². The summed E-state index contributed by atoms with van der Waals surface area (Å²) in [5, 5.41) is 6.66. The molecule has 160 valence electrons. The maximum Gasteiger partial charge on any atom is 0.191 e. The molecule has 0 atom stereocenters. The third-order valence-corrected chi connectivity index (χ3v) is 4.18. The molecule has 7 heteroatoms. The minimum Gasteiger partial charge on any atom is -0.497 e. The predicted molar refractivity (Wildman–Crippen MR) is 129 cm³/mol. The zero-order valence-electron chi connectivity index (χ0n) is 17.7. The standard InChI is InChI=1S/C22H31N3O3.HI/c1-5-27-11-12-28-21-13-17(2)9-10-19(21)16-25-22(23-3)24-15-18-7-6-8-20(14-18)26-4;/h6-10,13-14H,5,11-12,15-16H2,1-4H3,(H2,23,24,25);1H. The first-order chi connectivity index (χ1) is 13.7. The molecule has 0 amide bonds. The molecule has 2 aromatic carbocycles. The van der Waals surface area contributed by atoms with E-state index in [9.17, 15) is 0 Å². The van der Waals surface area contributed by atoms with E-state index in [2.05, 4.69) is 40.7 Å². The Morgan fingerprint density at radius 1 is 1.03 bits per heavy atom. The number of benzene rings is 2. The Hall–Kier alpha value is -2.00. The molecule has 6 nitrogen and oxygen atoms in total. The van der Waals surface area contributed by atoms with E-state index in [4.69, 9.17) is 14.2 Å². The number of aryl methyl sites for hydroxylation is 1. The minimum atomic E-state index is 0. The second kappa shape index (κ2) is 14.1. The molecule has 0 bridgehead atoms. The predicted octanol–water partition coefficient (Wildman–Crippen LogP) is 3.90. The normalized spacial score (nSPS) is 10.8. The number of hydrogen-bond acceptors (Lipinski definition) is 4. The summed E-state index contributed by atoms with van der Waals surface area (Å²) in [5.74, 6) is 2.44. The maximum atomic E-state index is 5.90. The van der Waals surface area contributed by atoms with Gasteiger partial charge >= 0.3 is 0 Å². The molecule has 0 aliphatic heterocycles. The quantitative estimate of drug-likeness (QED) is 0.219. The highest BCUT2D eigenvalue weighted by atomic mass is 127. The second-order valence-corrected chi connectivity index (χ2v) is 6.29. The van der Waals surface area contributed by atoms with Gasteiger partial charge in [0.1, 0.15) is 18.1 Å². The Bertz CT molecular complexity index is 769. The van der Waals surface area contributed by atoms with Crippen LogP contribution in [0, 0.1) is 6.92 Å². The van der Waals surface area contributed by atoms with Crippen LogP contribution in [0.15, 0.2) is 47.5 Å². The summed E-state index contributed by atoms with van der Waals surface area (Å²) >= 11 is 0. The van der Waals surface area contributed by atoms with E-state index in [1.807, 2.05) is 31.2 Å². The van der Waals surface area contributed by atoms with Crippen LogP contribution >= 0.6 is 24.0 Å². The van der Waals surface area contributed by atoms with Gasteiger partial charge in [-0.2, -0.15) is 0 Å². The molecule has 0 aliphatic rings. The van der Waals surface area contributed by atoms with Crippen LogP contribution in [0.25, 0.3) is 0 Å². The van der Waals surface area contributed by atoms with Crippen LogP contribution in [0.3, 0.4) is 0 Å². The van der Waals surface area contributed by atoms with Gasteiger partial charge in [-0.05, 0) is 43.2 Å². The van der Waals surface area contributed by atoms with Gasteiger partial charge in [-0.3, -0.25) is 4.99 Å². The molecular weight excluding hydrogens is 481 g/mol. The Labute approximate surface area is 191 Å². The molecule has 0 aromatic heterocycles. The molecule has 0 unspecified atom stereocenters. The highest BCUT2D eigenvalue weighted by molar-refractivity contribution is 14.0. The highest BCUT2D eigenvalue weighted by Crippen LogP contribution is 2.20. The van der Waals surface area contributed by atoms with Gasteiger partial charge in [-0.25, -0.2) is 0 Å². The number of rotatable bonds is 10. The lowest BCUT2D eigenvalue weighted by atomic mass is 10.1. The van der Waals surface area contributed by atoms with Crippen molar-refractivity contribution < 1.29 is 14.2 Å². The zero-order chi connectivity index (χ0) is 20.2. The van der Waals surface area contributed by atoms with Crippen LogP contribution in [-0.2, 0) is 17.8 Å². The topological polar surface area (TPSA) is 64.1 Å². The van der Waals surface area contributed by atoms with Crippen LogP contribution in [0.1, 0.15) is 23.6 Å². The molecule has 2 N–H and O–H groups in total. The van der Waals surface area contributed by atoms with E-state index < -0.39 is 0 Å². The second-order valence-electron chi connectivity index (χ2n) is 6.29. The molecule has 0 spiro atoms. The summed E-state index contributed by atoms with van der Waals surface area (Å²) < 4.78 is 16.5. The monoisotopic (exact) mass is 513 g/mol. The summed E-state index contributed by atoms with van der Waals surface area (Å²) in [7, 11) is 3.43. The molecule has 2 aromatic rings. The highest BCUT2D eigenvalue weighted by Gasteiger charge is 2.06. The molecule has 0 saturated heterocycles. The number of nitrogens with zero attached hydrogens (tertiary/aromatic N) is 1. The van der Waals surface area contributed by atoms with Crippen LogP contribution in [0.2, 0.25) is 0 Å². The fourth-order valence-electron chi connectivity index (χ4n) is 2.66. The lowest BCUT2D eigenvalue weighted by molar-refractivity contribution is 0.110. The van der Waals surface area contributed by atoms with E-state index in [1.165, 1.54) is 0 Å². The number of hydrogen-bond donors (Lipinski definition) is 2. The molecular formula is C22H32IN3O3. The van der Waals surface area contributed by atoms with Crippen LogP contribution in [0.5, 0.6) is 11.5 Å². The SMILES string of the molecule is CCOCCOc1cc(C)ccc1CNC(=NC)NCc1cccc(OC)c1.I. The molecule has 0 fully saturated rings. The fourth-order valence-corrected chi connectivity index (χ4v) is 2.66. The molecule has 0 radical (unpaired) electrons. The first-order valence-electron chi connectivity index (χ1n) is 9.53. The van der Waals surface area contributed by atoms with Gasteiger partial charge in [0.25, 0.3) is 0 Å². The first kappa shape index (κ1) is 25.0. The van der Waals surface area contributed by atoms with Crippen molar-refractivity contribution >= 4 is 29.9 Å². The van der Waals surface area contributed by atoms with E-state index in [0.717, 1.165) is 34.1 Å². The van der Waals surface area contributed by atoms with Gasteiger partial charge in [0, 0.05) is 32.3 Å². The third kappa shape index (κ3) is 8.91. The van der Waals surface area contributed by atoms with Crippen molar-refractivity contribution in [3.05, 3.63) is 59.2 Å². The van der Waals surface area contributed by atoms with Crippen LogP contribution < -0.4 is 20.1 Å². The summed E-state index contributed by atoms with van der Waals surface area (Å²) in [6, 6.07) is 14.2. The van der Waals surface area contributed by atoms with Gasteiger partial charge in [-0.1, -0.05) is 24.3 Å². The van der Waals surface area contributed by atoms with Gasteiger partial charge in [0.05, 0.1) is 13.7 Å². The number of aliphatic imine (C=N–C) groups is 1. The Morgan fingerprint density at radius 3 is 2.55 bits per heavy atom. The molecule has 0 heterocycles. The number of guanidine groups is 1. The van der Waals surface area contributed by atoms with E-state index in [-0.39, 0.29) is 24.0 Å². The Kier molecular flexibility index (Phi) is 12.1. The van der Waals surface area contributed by atoms with Crippen molar-refractivity contribution in [2.45, 2.75) is 26.9 Å².